The fraction of sp³-hybridized carbons (Fsp3) is 0.417. The molecule has 78 valence electrons. The summed E-state index contributed by atoms with van der Waals surface area (Å²) in [6, 6.07) is 5.93. The van der Waals surface area contributed by atoms with Gasteiger partial charge in [-0.1, -0.05) is 18.2 Å². The van der Waals surface area contributed by atoms with Crippen molar-refractivity contribution < 1.29 is 9.53 Å². The minimum absolute atomic E-state index is 0.348. The second kappa shape index (κ2) is 3.52. The van der Waals surface area contributed by atoms with Gasteiger partial charge < -0.3 is 4.74 Å². The number of aryl methyl sites for hydroxylation is 1. The number of isocyanates is 1. The number of rotatable bonds is 3. The Morgan fingerprint density at radius 2 is 2.20 bits per heavy atom. The molecule has 0 aromatic heterocycles. The maximum Gasteiger partial charge on any atom is 0.235 e. The van der Waals surface area contributed by atoms with Crippen molar-refractivity contribution >= 4 is 6.08 Å². The van der Waals surface area contributed by atoms with Crippen molar-refractivity contribution in [3.63, 3.8) is 0 Å². The fourth-order valence-electron chi connectivity index (χ4n) is 1.94. The summed E-state index contributed by atoms with van der Waals surface area (Å²) in [7, 11) is 1.65. The summed E-state index contributed by atoms with van der Waals surface area (Å²) < 4.78 is 5.36. The van der Waals surface area contributed by atoms with Crippen molar-refractivity contribution in [3.05, 3.63) is 29.3 Å². The molecule has 1 aromatic carbocycles. The summed E-state index contributed by atoms with van der Waals surface area (Å²) in [5.74, 6) is 0.842. The number of benzene rings is 1. The fourth-order valence-corrected chi connectivity index (χ4v) is 1.94. The first-order valence-corrected chi connectivity index (χ1v) is 4.96. The minimum Gasteiger partial charge on any atom is -0.496 e. The van der Waals surface area contributed by atoms with Gasteiger partial charge in [0, 0.05) is 5.56 Å². The van der Waals surface area contributed by atoms with Gasteiger partial charge in [-0.2, -0.15) is 4.99 Å². The first kappa shape index (κ1) is 9.94. The highest BCUT2D eigenvalue weighted by Crippen LogP contribution is 2.52. The number of methoxy groups -OCH3 is 1. The topological polar surface area (TPSA) is 38.7 Å². The van der Waals surface area contributed by atoms with Crippen LogP contribution in [0.2, 0.25) is 0 Å². The lowest BCUT2D eigenvalue weighted by Crippen LogP contribution is -2.06. The predicted molar refractivity (Wildman–Crippen MR) is 56.8 cm³/mol. The Kier molecular flexibility index (Phi) is 2.33. The molecule has 0 aliphatic heterocycles. The van der Waals surface area contributed by atoms with Crippen LogP contribution in [0.1, 0.15) is 24.0 Å². The zero-order valence-corrected chi connectivity index (χ0v) is 8.91. The van der Waals surface area contributed by atoms with Gasteiger partial charge in [-0.3, -0.25) is 0 Å². The Hall–Kier alpha value is -1.60. The van der Waals surface area contributed by atoms with Crippen LogP contribution in [0, 0.1) is 6.92 Å². The van der Waals surface area contributed by atoms with E-state index in [1.54, 1.807) is 13.2 Å². The SMILES string of the molecule is COc1c(C)cccc1C1(N=C=O)CC1. The highest BCUT2D eigenvalue weighted by molar-refractivity contribution is 5.50. The molecule has 1 saturated carbocycles. The number of para-hydroxylation sites is 1. The molecule has 15 heavy (non-hydrogen) atoms. The van der Waals surface area contributed by atoms with Crippen molar-refractivity contribution in [1.29, 1.82) is 0 Å². The van der Waals surface area contributed by atoms with Crippen molar-refractivity contribution in [1.82, 2.24) is 0 Å². The maximum atomic E-state index is 10.4. The lowest BCUT2D eigenvalue weighted by atomic mass is 10.0. The summed E-state index contributed by atoms with van der Waals surface area (Å²) in [6.07, 6.45) is 3.47. The molecule has 2 rings (SSSR count). The molecule has 0 radical (unpaired) electrons. The molecular weight excluding hydrogens is 190 g/mol. The van der Waals surface area contributed by atoms with Crippen molar-refractivity contribution in [3.8, 4) is 5.75 Å². The molecule has 1 fully saturated rings. The standard InChI is InChI=1S/C12H13NO2/c1-9-4-3-5-10(11(9)15-2)12(6-7-12)13-8-14/h3-5H,6-7H2,1-2H3. The van der Waals surface area contributed by atoms with E-state index in [2.05, 4.69) is 4.99 Å². The van der Waals surface area contributed by atoms with Gasteiger partial charge in [0.15, 0.2) is 0 Å². The number of hydrogen-bond acceptors (Lipinski definition) is 3. The van der Waals surface area contributed by atoms with E-state index in [4.69, 9.17) is 4.74 Å². The van der Waals surface area contributed by atoms with Crippen molar-refractivity contribution in [2.45, 2.75) is 25.3 Å². The Morgan fingerprint density at radius 3 is 2.73 bits per heavy atom. The Labute approximate surface area is 88.8 Å². The maximum absolute atomic E-state index is 10.4. The van der Waals surface area contributed by atoms with Gasteiger partial charge in [-0.25, -0.2) is 4.79 Å². The third-order valence-electron chi connectivity index (χ3n) is 2.90. The summed E-state index contributed by atoms with van der Waals surface area (Å²) in [6.45, 7) is 1.99. The van der Waals surface area contributed by atoms with Crippen molar-refractivity contribution in [2.24, 2.45) is 4.99 Å². The van der Waals surface area contributed by atoms with E-state index < -0.39 is 0 Å². The molecule has 0 saturated heterocycles. The van der Waals surface area contributed by atoms with Crippen LogP contribution in [-0.4, -0.2) is 13.2 Å². The number of aliphatic imine (C=N–C) groups is 1. The van der Waals surface area contributed by atoms with Crippen LogP contribution in [0.3, 0.4) is 0 Å². The van der Waals surface area contributed by atoms with E-state index in [1.165, 1.54) is 0 Å². The van der Waals surface area contributed by atoms with E-state index in [9.17, 15) is 4.79 Å². The van der Waals surface area contributed by atoms with E-state index in [1.807, 2.05) is 25.1 Å². The summed E-state index contributed by atoms with van der Waals surface area (Å²) in [5, 5.41) is 0. The second-order valence-corrected chi connectivity index (χ2v) is 3.89. The number of ether oxygens (including phenoxy) is 1. The van der Waals surface area contributed by atoms with Gasteiger partial charge in [0.25, 0.3) is 0 Å². The highest BCUT2D eigenvalue weighted by Gasteiger charge is 2.46. The van der Waals surface area contributed by atoms with Crippen molar-refractivity contribution in [2.75, 3.05) is 7.11 Å². The Morgan fingerprint density at radius 1 is 1.47 bits per heavy atom. The Balaban J connectivity index is 2.53. The third kappa shape index (κ3) is 1.55. The molecule has 3 nitrogen and oxygen atoms in total. The molecular formula is C12H13NO2. The van der Waals surface area contributed by atoms with Crippen LogP contribution in [0.15, 0.2) is 23.2 Å². The molecule has 1 aromatic rings. The minimum atomic E-state index is -0.348. The molecule has 0 bridgehead atoms. The van der Waals surface area contributed by atoms with E-state index in [-0.39, 0.29) is 5.54 Å². The first-order chi connectivity index (χ1) is 7.23. The second-order valence-electron chi connectivity index (χ2n) is 3.89. The molecule has 3 heteroatoms. The number of nitrogens with zero attached hydrogens (tertiary/aromatic N) is 1. The molecule has 0 heterocycles. The number of hydrogen-bond donors (Lipinski definition) is 0. The lowest BCUT2D eigenvalue weighted by molar-refractivity contribution is 0.401. The van der Waals surface area contributed by atoms with Gasteiger partial charge in [-0.15, -0.1) is 0 Å². The largest absolute Gasteiger partial charge is 0.496 e. The normalized spacial score (nSPS) is 16.7. The van der Waals surface area contributed by atoms with E-state index in [0.29, 0.717) is 0 Å². The summed E-state index contributed by atoms with van der Waals surface area (Å²) in [4.78, 5) is 14.3. The Bertz CT molecular complexity index is 429. The van der Waals surface area contributed by atoms with Crippen LogP contribution in [-0.2, 0) is 10.3 Å². The zero-order valence-electron chi connectivity index (χ0n) is 8.91. The van der Waals surface area contributed by atoms with E-state index >= 15 is 0 Å². The quantitative estimate of drug-likeness (QED) is 0.558. The highest BCUT2D eigenvalue weighted by atomic mass is 16.5. The smallest absolute Gasteiger partial charge is 0.235 e. The monoisotopic (exact) mass is 203 g/mol. The molecule has 0 atom stereocenters. The van der Waals surface area contributed by atoms with Gasteiger partial charge in [-0.05, 0) is 25.3 Å². The molecule has 0 amide bonds. The average Bonchev–Trinajstić information content (AvgIpc) is 2.99. The lowest BCUT2D eigenvalue weighted by Gasteiger charge is -2.15. The first-order valence-electron chi connectivity index (χ1n) is 4.96. The van der Waals surface area contributed by atoms with Gasteiger partial charge >= 0.3 is 0 Å². The predicted octanol–water partition coefficient (Wildman–Crippen LogP) is 2.33. The average molecular weight is 203 g/mol. The summed E-state index contributed by atoms with van der Waals surface area (Å²) >= 11 is 0. The van der Waals surface area contributed by atoms with Crippen LogP contribution < -0.4 is 4.74 Å². The molecule has 0 spiro atoms. The summed E-state index contributed by atoms with van der Waals surface area (Å²) in [5.41, 5.74) is 1.73. The molecule has 0 unspecified atom stereocenters. The van der Waals surface area contributed by atoms with Gasteiger partial charge in [0.05, 0.1) is 7.11 Å². The zero-order chi connectivity index (χ0) is 10.9. The molecule has 0 N–H and O–H groups in total. The van der Waals surface area contributed by atoms with Crippen LogP contribution in [0.25, 0.3) is 0 Å². The number of carbonyl (C=O) groups excluding carboxylic acids is 1. The van der Waals surface area contributed by atoms with Crippen LogP contribution in [0.4, 0.5) is 0 Å². The molecule has 1 aliphatic rings. The van der Waals surface area contributed by atoms with Crippen LogP contribution in [0.5, 0.6) is 5.75 Å². The molecule has 1 aliphatic carbocycles. The van der Waals surface area contributed by atoms with E-state index in [0.717, 1.165) is 29.7 Å². The van der Waals surface area contributed by atoms with Gasteiger partial charge in [0.1, 0.15) is 11.3 Å². The third-order valence-corrected chi connectivity index (χ3v) is 2.90. The van der Waals surface area contributed by atoms with Crippen LogP contribution >= 0.6 is 0 Å². The van der Waals surface area contributed by atoms with Gasteiger partial charge in [0.2, 0.25) is 6.08 Å².